The normalized spacial score (nSPS) is 9.78. The van der Waals surface area contributed by atoms with Crippen LogP contribution in [0.4, 0.5) is 38.2 Å². The van der Waals surface area contributed by atoms with Gasteiger partial charge in [0.15, 0.2) is 0 Å². The molecule has 11 heteroatoms. The number of rotatable bonds is 9. The Kier molecular flexibility index (Phi) is 11.0. The fourth-order valence-electron chi connectivity index (χ4n) is 3.00. The monoisotopic (exact) mass is 523 g/mol. The predicted octanol–water partition coefficient (Wildman–Crippen LogP) is 6.22. The van der Waals surface area contributed by atoms with Crippen LogP contribution < -0.4 is 30.9 Å². The summed E-state index contributed by atoms with van der Waals surface area (Å²) >= 11 is 6.08. The van der Waals surface area contributed by atoms with Gasteiger partial charge in [-0.15, -0.1) is 0 Å². The number of nitrogens with one attached hydrogen (secondary N) is 4. The van der Waals surface area contributed by atoms with Crippen LogP contribution in [0, 0.1) is 6.57 Å². The number of carbonyl (C=O) groups is 2. The molecule has 0 fully saturated rings. The number of hydrogen-bond acceptors (Lipinski definition) is 5. The average Bonchev–Trinajstić information content (AvgIpc) is 2.85. The fourth-order valence-corrected chi connectivity index (χ4v) is 3.17. The Morgan fingerprint density at radius 3 is 2.43 bits per heavy atom. The molecule has 1 aromatic heterocycles. The highest BCUT2D eigenvalue weighted by atomic mass is 35.5. The van der Waals surface area contributed by atoms with Gasteiger partial charge in [-0.25, -0.2) is 14.4 Å². The summed E-state index contributed by atoms with van der Waals surface area (Å²) in [6, 6.07) is 14.6. The maximum absolute atomic E-state index is 12.4. The Labute approximate surface area is 221 Å². The molecular formula is C26H30ClN7O3. The molecule has 4 N–H and O–H groups in total. The average molecular weight is 524 g/mol. The van der Waals surface area contributed by atoms with Gasteiger partial charge in [0.25, 0.3) is 0 Å². The Balaban J connectivity index is 0.00000481. The highest BCUT2D eigenvalue weighted by molar-refractivity contribution is 6.31. The Hall–Kier alpha value is -4.49. The molecule has 0 spiro atoms. The van der Waals surface area contributed by atoms with Crippen LogP contribution in [0.5, 0.6) is 5.75 Å². The van der Waals surface area contributed by atoms with Gasteiger partial charge in [0.05, 0.1) is 18.9 Å². The van der Waals surface area contributed by atoms with Gasteiger partial charge in [-0.1, -0.05) is 25.1 Å². The van der Waals surface area contributed by atoms with Gasteiger partial charge in [-0.2, -0.15) is 0 Å². The van der Waals surface area contributed by atoms with Crippen molar-refractivity contribution in [2.45, 2.75) is 13.8 Å². The van der Waals surface area contributed by atoms with E-state index in [9.17, 15) is 9.59 Å². The quantitative estimate of drug-likeness (QED) is 0.196. The number of anilines is 4. The lowest BCUT2D eigenvalue weighted by Gasteiger charge is -2.14. The van der Waals surface area contributed by atoms with E-state index in [0.717, 1.165) is 5.69 Å². The first-order valence-electron chi connectivity index (χ1n) is 11.0. The zero-order valence-electron chi connectivity index (χ0n) is 19.8. The van der Waals surface area contributed by atoms with Crippen LogP contribution in [0.1, 0.15) is 13.8 Å². The van der Waals surface area contributed by atoms with Crippen molar-refractivity contribution in [2.24, 2.45) is 0 Å². The number of urea groups is 2. The second kappa shape index (κ2) is 14.2. The van der Waals surface area contributed by atoms with E-state index in [4.69, 9.17) is 22.9 Å². The first-order chi connectivity index (χ1) is 17.3. The third kappa shape index (κ3) is 9.23. The Morgan fingerprint density at radius 2 is 1.78 bits per heavy atom. The number of amides is 4. The summed E-state index contributed by atoms with van der Waals surface area (Å²) in [5, 5.41) is 11.3. The molecule has 37 heavy (non-hydrogen) atoms. The van der Waals surface area contributed by atoms with Crippen molar-refractivity contribution in [3.63, 3.8) is 0 Å². The number of pyridine rings is 1. The lowest BCUT2D eigenvalue weighted by molar-refractivity contribution is 0.250. The zero-order chi connectivity index (χ0) is 25.9. The molecule has 0 aliphatic rings. The molecule has 0 radical (unpaired) electrons. The second-order valence-electron chi connectivity index (χ2n) is 7.76. The largest absolute Gasteiger partial charge is 0.491 e. The number of halogens is 1. The van der Waals surface area contributed by atoms with E-state index >= 15 is 0 Å². The molecule has 3 aromatic rings. The van der Waals surface area contributed by atoms with Crippen LogP contribution >= 0.6 is 11.6 Å². The molecule has 3 rings (SSSR count). The summed E-state index contributed by atoms with van der Waals surface area (Å²) in [6.07, 6.45) is 1.91. The molecule has 4 amide bonds. The lowest BCUT2D eigenvalue weighted by Crippen LogP contribution is -2.30. The van der Waals surface area contributed by atoms with Gasteiger partial charge in [0, 0.05) is 43.2 Å². The highest BCUT2D eigenvalue weighted by Crippen LogP contribution is 2.28. The van der Waals surface area contributed by atoms with Crippen molar-refractivity contribution >= 4 is 52.2 Å². The van der Waals surface area contributed by atoms with Crippen molar-refractivity contribution in [1.29, 1.82) is 0 Å². The molecule has 10 nitrogen and oxygen atoms in total. The molecule has 0 bridgehead atoms. The van der Waals surface area contributed by atoms with E-state index in [1.807, 2.05) is 43.3 Å². The standard InChI is InChI=1S/C25H26ClN7O3.CH4/c1-27-19-8-12-23(29-16-19)32-25(35)31-21-15-17(26)5-11-22(21)36-14-4-13-28-24(34)30-18-6-9-20(10-7-18)33(2)3;/h5-12,15-16H,4,13-14H2,2-3H3,(H2,28,30,34)(H2,29,31,32,35);1H4. The molecule has 0 unspecified atom stereocenters. The van der Waals surface area contributed by atoms with Crippen LogP contribution in [-0.4, -0.2) is 44.3 Å². The highest BCUT2D eigenvalue weighted by Gasteiger charge is 2.10. The van der Waals surface area contributed by atoms with E-state index < -0.39 is 6.03 Å². The number of hydrogen-bond donors (Lipinski definition) is 4. The van der Waals surface area contributed by atoms with Gasteiger partial charge in [-0.05, 0) is 55.0 Å². The van der Waals surface area contributed by atoms with Crippen LogP contribution in [0.25, 0.3) is 4.85 Å². The third-order valence-corrected chi connectivity index (χ3v) is 5.05. The van der Waals surface area contributed by atoms with Crippen molar-refractivity contribution in [3.8, 4) is 5.75 Å². The van der Waals surface area contributed by atoms with Crippen LogP contribution in [0.15, 0.2) is 60.8 Å². The van der Waals surface area contributed by atoms with Crippen LogP contribution in [-0.2, 0) is 0 Å². The minimum atomic E-state index is -0.540. The Morgan fingerprint density at radius 1 is 1.03 bits per heavy atom. The second-order valence-corrected chi connectivity index (χ2v) is 8.19. The zero-order valence-corrected chi connectivity index (χ0v) is 20.6. The van der Waals surface area contributed by atoms with Gasteiger partial charge in [0.2, 0.25) is 5.69 Å². The minimum absolute atomic E-state index is 0. The molecule has 0 aliphatic heterocycles. The molecular weight excluding hydrogens is 494 g/mol. The summed E-state index contributed by atoms with van der Waals surface area (Å²) in [6.45, 7) is 7.64. The van der Waals surface area contributed by atoms with E-state index in [1.54, 1.807) is 24.3 Å². The fraction of sp³-hybridized carbons (Fsp3) is 0.231. The van der Waals surface area contributed by atoms with Gasteiger partial charge < -0.3 is 25.6 Å². The maximum Gasteiger partial charge on any atom is 0.324 e. The molecule has 0 saturated carbocycles. The van der Waals surface area contributed by atoms with Crippen molar-refractivity contribution in [1.82, 2.24) is 10.3 Å². The summed E-state index contributed by atoms with van der Waals surface area (Å²) in [5.41, 5.74) is 2.49. The van der Waals surface area contributed by atoms with Crippen molar-refractivity contribution < 1.29 is 14.3 Å². The van der Waals surface area contributed by atoms with Crippen LogP contribution in [0.3, 0.4) is 0 Å². The summed E-state index contributed by atoms with van der Waals surface area (Å²) in [5.74, 6) is 0.721. The minimum Gasteiger partial charge on any atom is -0.491 e. The topological polar surface area (TPSA) is 112 Å². The van der Waals surface area contributed by atoms with Crippen molar-refractivity contribution in [3.05, 3.63) is 77.2 Å². The van der Waals surface area contributed by atoms with E-state index in [0.29, 0.717) is 53.2 Å². The summed E-state index contributed by atoms with van der Waals surface area (Å²) in [4.78, 5) is 33.7. The molecule has 0 saturated heterocycles. The number of aromatic nitrogens is 1. The number of benzene rings is 2. The molecule has 0 atom stereocenters. The molecule has 1 heterocycles. The van der Waals surface area contributed by atoms with E-state index in [-0.39, 0.29) is 13.5 Å². The van der Waals surface area contributed by atoms with Gasteiger partial charge in [-0.3, -0.25) is 10.3 Å². The number of nitrogens with zero attached hydrogens (tertiary/aromatic N) is 3. The SMILES string of the molecule is C.[C-]#[N+]c1ccc(NC(=O)Nc2cc(Cl)ccc2OCCCNC(=O)Nc2ccc(N(C)C)cc2)nc1. The summed E-state index contributed by atoms with van der Waals surface area (Å²) < 4.78 is 5.78. The molecule has 2 aromatic carbocycles. The molecule has 194 valence electrons. The van der Waals surface area contributed by atoms with E-state index in [2.05, 4.69) is 31.1 Å². The smallest absolute Gasteiger partial charge is 0.324 e. The van der Waals surface area contributed by atoms with E-state index in [1.165, 1.54) is 12.3 Å². The first-order valence-corrected chi connectivity index (χ1v) is 11.4. The summed E-state index contributed by atoms with van der Waals surface area (Å²) in [7, 11) is 3.90. The van der Waals surface area contributed by atoms with Crippen molar-refractivity contribution in [2.75, 3.05) is 48.1 Å². The predicted molar refractivity (Wildman–Crippen MR) is 149 cm³/mol. The van der Waals surface area contributed by atoms with Crippen LogP contribution in [0.2, 0.25) is 5.02 Å². The number of carbonyl (C=O) groups excluding carboxylic acids is 2. The van der Waals surface area contributed by atoms with Gasteiger partial charge >= 0.3 is 12.1 Å². The Bertz CT molecular complexity index is 1230. The molecule has 0 aliphatic carbocycles. The van der Waals surface area contributed by atoms with Gasteiger partial charge in [0.1, 0.15) is 11.6 Å². The maximum atomic E-state index is 12.4. The first kappa shape index (κ1) is 28.7. The number of ether oxygens (including phenoxy) is 1. The third-order valence-electron chi connectivity index (χ3n) is 4.81. The lowest BCUT2D eigenvalue weighted by atomic mass is 10.2.